The van der Waals surface area contributed by atoms with E-state index in [4.69, 9.17) is 28.4 Å². The molecule has 0 saturated carbocycles. The molecule has 0 N–H and O–H groups in total. The first-order chi connectivity index (χ1) is 9.91. The Morgan fingerprint density at radius 2 is 0.950 bits per heavy atom. The van der Waals surface area contributed by atoms with Crippen molar-refractivity contribution in [2.24, 2.45) is 0 Å². The van der Waals surface area contributed by atoms with E-state index < -0.39 is 0 Å². The SMILES string of the molecule is C=COCCOCCOCCOCCOCCOCC. The maximum atomic E-state index is 5.34. The van der Waals surface area contributed by atoms with Crippen LogP contribution >= 0.6 is 0 Å². The third-order valence-corrected chi connectivity index (χ3v) is 2.16. The summed E-state index contributed by atoms with van der Waals surface area (Å²) in [5, 5.41) is 0. The first-order valence-corrected chi connectivity index (χ1v) is 7.03. The molecule has 120 valence electrons. The van der Waals surface area contributed by atoms with E-state index in [9.17, 15) is 0 Å². The minimum Gasteiger partial charge on any atom is -0.499 e. The number of ether oxygens (including phenoxy) is 6. The van der Waals surface area contributed by atoms with Gasteiger partial charge in [-0.2, -0.15) is 0 Å². The summed E-state index contributed by atoms with van der Waals surface area (Å²) in [5.74, 6) is 0. The molecule has 0 aliphatic rings. The topological polar surface area (TPSA) is 55.4 Å². The molecule has 0 aliphatic carbocycles. The van der Waals surface area contributed by atoms with E-state index in [1.807, 2.05) is 6.92 Å². The molecule has 6 heteroatoms. The van der Waals surface area contributed by atoms with Crippen LogP contribution in [0.15, 0.2) is 12.8 Å². The van der Waals surface area contributed by atoms with Gasteiger partial charge in [0, 0.05) is 6.61 Å². The van der Waals surface area contributed by atoms with Crippen LogP contribution in [0.5, 0.6) is 0 Å². The van der Waals surface area contributed by atoms with Crippen LogP contribution in [0, 0.1) is 0 Å². The Morgan fingerprint density at radius 1 is 0.600 bits per heavy atom. The van der Waals surface area contributed by atoms with Crippen LogP contribution in [0.2, 0.25) is 0 Å². The predicted molar refractivity (Wildman–Crippen MR) is 75.9 cm³/mol. The molecule has 0 radical (unpaired) electrons. The van der Waals surface area contributed by atoms with Crippen molar-refractivity contribution < 1.29 is 28.4 Å². The molecule has 0 aromatic carbocycles. The van der Waals surface area contributed by atoms with Gasteiger partial charge in [-0.3, -0.25) is 0 Å². The maximum absolute atomic E-state index is 5.34. The van der Waals surface area contributed by atoms with Crippen molar-refractivity contribution in [3.63, 3.8) is 0 Å². The minimum absolute atomic E-state index is 0.524. The van der Waals surface area contributed by atoms with Crippen LogP contribution < -0.4 is 0 Å². The lowest BCUT2D eigenvalue weighted by molar-refractivity contribution is -0.0129. The third-order valence-electron chi connectivity index (χ3n) is 2.16. The second-order valence-electron chi connectivity index (χ2n) is 3.68. The highest BCUT2D eigenvalue weighted by atomic mass is 16.6. The lowest BCUT2D eigenvalue weighted by Gasteiger charge is -2.07. The summed E-state index contributed by atoms with van der Waals surface area (Å²) in [6.07, 6.45) is 1.40. The van der Waals surface area contributed by atoms with Crippen molar-refractivity contribution in [2.45, 2.75) is 6.92 Å². The summed E-state index contributed by atoms with van der Waals surface area (Å²) < 4.78 is 31.3. The lowest BCUT2D eigenvalue weighted by Crippen LogP contribution is -2.13. The minimum atomic E-state index is 0.524. The van der Waals surface area contributed by atoms with E-state index >= 15 is 0 Å². The molecule has 6 nitrogen and oxygen atoms in total. The van der Waals surface area contributed by atoms with Crippen molar-refractivity contribution in [1.82, 2.24) is 0 Å². The Bertz CT molecular complexity index is 189. The molecule has 0 rings (SSSR count). The van der Waals surface area contributed by atoms with Gasteiger partial charge in [0.25, 0.3) is 0 Å². The van der Waals surface area contributed by atoms with E-state index in [-0.39, 0.29) is 0 Å². The molecule has 0 heterocycles. The van der Waals surface area contributed by atoms with Gasteiger partial charge >= 0.3 is 0 Å². The molecule has 0 aliphatic heterocycles. The average molecular weight is 292 g/mol. The Balaban J connectivity index is 2.90. The highest BCUT2D eigenvalue weighted by molar-refractivity contribution is 4.47. The molecule has 0 fully saturated rings. The van der Waals surface area contributed by atoms with Gasteiger partial charge < -0.3 is 28.4 Å². The summed E-state index contributed by atoms with van der Waals surface area (Å²) in [6.45, 7) is 11.8. The standard InChI is InChI=1S/C14H28O6/c1-3-15-5-7-17-9-11-19-13-14-20-12-10-18-8-6-16-4-2/h3H,1,4-14H2,2H3. The molecule has 0 bridgehead atoms. The van der Waals surface area contributed by atoms with Gasteiger partial charge in [0.2, 0.25) is 0 Å². The first-order valence-electron chi connectivity index (χ1n) is 7.03. The molecule has 0 spiro atoms. The van der Waals surface area contributed by atoms with Gasteiger partial charge in [-0.15, -0.1) is 0 Å². The molecule has 0 aromatic heterocycles. The number of hydrogen-bond donors (Lipinski definition) is 0. The van der Waals surface area contributed by atoms with Gasteiger partial charge in [0.1, 0.15) is 6.61 Å². The second-order valence-corrected chi connectivity index (χ2v) is 3.68. The van der Waals surface area contributed by atoms with Crippen LogP contribution in [0.3, 0.4) is 0 Å². The zero-order valence-corrected chi connectivity index (χ0v) is 12.5. The van der Waals surface area contributed by atoms with Gasteiger partial charge in [0.05, 0.1) is 65.7 Å². The summed E-state index contributed by atoms with van der Waals surface area (Å²) in [6, 6.07) is 0. The van der Waals surface area contributed by atoms with E-state index in [0.717, 1.165) is 6.61 Å². The molecule has 0 saturated heterocycles. The number of hydrogen-bond acceptors (Lipinski definition) is 6. The molecule has 0 atom stereocenters. The predicted octanol–water partition coefficient (Wildman–Crippen LogP) is 1.25. The maximum Gasteiger partial charge on any atom is 0.111 e. The highest BCUT2D eigenvalue weighted by Gasteiger charge is 1.92. The average Bonchev–Trinajstić information content (AvgIpc) is 2.47. The molecule has 0 amide bonds. The quantitative estimate of drug-likeness (QED) is 0.297. The molecule has 0 aromatic rings. The number of rotatable bonds is 17. The largest absolute Gasteiger partial charge is 0.499 e. The molecule has 20 heavy (non-hydrogen) atoms. The van der Waals surface area contributed by atoms with E-state index in [2.05, 4.69) is 6.58 Å². The van der Waals surface area contributed by atoms with Gasteiger partial charge in [-0.1, -0.05) is 6.58 Å². The fourth-order valence-electron chi connectivity index (χ4n) is 1.21. The first kappa shape index (κ1) is 19.3. The van der Waals surface area contributed by atoms with Crippen molar-refractivity contribution >= 4 is 0 Å². The van der Waals surface area contributed by atoms with E-state index in [1.54, 1.807) is 0 Å². The fraction of sp³-hybridized carbons (Fsp3) is 0.857. The molecular weight excluding hydrogens is 264 g/mol. The summed E-state index contributed by atoms with van der Waals surface area (Å²) in [7, 11) is 0. The van der Waals surface area contributed by atoms with Crippen LogP contribution in [-0.4, -0.2) is 72.7 Å². The van der Waals surface area contributed by atoms with Gasteiger partial charge in [-0.25, -0.2) is 0 Å². The van der Waals surface area contributed by atoms with Crippen molar-refractivity contribution in [1.29, 1.82) is 0 Å². The lowest BCUT2D eigenvalue weighted by atomic mass is 10.7. The van der Waals surface area contributed by atoms with Crippen molar-refractivity contribution in [3.8, 4) is 0 Å². The zero-order valence-electron chi connectivity index (χ0n) is 12.5. The Labute approximate surface area is 121 Å². The normalized spacial score (nSPS) is 10.7. The van der Waals surface area contributed by atoms with Crippen molar-refractivity contribution in [2.75, 3.05) is 72.7 Å². The highest BCUT2D eigenvalue weighted by Crippen LogP contribution is 1.84. The van der Waals surface area contributed by atoms with Crippen LogP contribution in [0.4, 0.5) is 0 Å². The van der Waals surface area contributed by atoms with Crippen LogP contribution in [0.1, 0.15) is 6.92 Å². The van der Waals surface area contributed by atoms with Gasteiger partial charge in [0.15, 0.2) is 0 Å². The van der Waals surface area contributed by atoms with Crippen LogP contribution in [-0.2, 0) is 28.4 Å². The zero-order chi connectivity index (χ0) is 14.7. The monoisotopic (exact) mass is 292 g/mol. The Kier molecular flexibility index (Phi) is 17.7. The van der Waals surface area contributed by atoms with E-state index in [1.165, 1.54) is 6.26 Å². The van der Waals surface area contributed by atoms with Crippen molar-refractivity contribution in [3.05, 3.63) is 12.8 Å². The molecule has 0 unspecified atom stereocenters. The summed E-state index contributed by atoms with van der Waals surface area (Å²) in [4.78, 5) is 0. The fourth-order valence-corrected chi connectivity index (χ4v) is 1.21. The Morgan fingerprint density at radius 3 is 1.30 bits per heavy atom. The van der Waals surface area contributed by atoms with Gasteiger partial charge in [-0.05, 0) is 6.92 Å². The molecular formula is C14H28O6. The third kappa shape index (κ3) is 17.3. The summed E-state index contributed by atoms with van der Waals surface area (Å²) in [5.41, 5.74) is 0. The second kappa shape index (κ2) is 18.3. The van der Waals surface area contributed by atoms with E-state index in [0.29, 0.717) is 66.1 Å². The smallest absolute Gasteiger partial charge is 0.111 e. The Hall–Kier alpha value is -0.660. The summed E-state index contributed by atoms with van der Waals surface area (Å²) >= 11 is 0. The van der Waals surface area contributed by atoms with Crippen LogP contribution in [0.25, 0.3) is 0 Å².